The Morgan fingerprint density at radius 3 is 2.79 bits per heavy atom. The summed E-state index contributed by atoms with van der Waals surface area (Å²) in [4.78, 5) is 52.3. The summed E-state index contributed by atoms with van der Waals surface area (Å²) in [5.41, 5.74) is 0.541. The van der Waals surface area contributed by atoms with Gasteiger partial charge in [0.25, 0.3) is 11.5 Å². The Labute approximate surface area is 233 Å². The van der Waals surface area contributed by atoms with Gasteiger partial charge in [0, 0.05) is 23.9 Å². The van der Waals surface area contributed by atoms with Gasteiger partial charge in [-0.2, -0.15) is 5.26 Å². The molecule has 0 radical (unpaired) electrons. The van der Waals surface area contributed by atoms with Crippen molar-refractivity contribution in [2.45, 2.75) is 57.0 Å². The molecule has 200 valence electrons. The number of nitriles is 1. The number of amides is 2. The number of hydrogen-bond acceptors (Lipinski definition) is 8. The number of rotatable bonds is 3. The van der Waals surface area contributed by atoms with Gasteiger partial charge >= 0.3 is 0 Å². The van der Waals surface area contributed by atoms with Gasteiger partial charge in [0.05, 0.1) is 22.4 Å². The number of carbonyl (C=O) groups excluding carboxylic acids is 2. The molecule has 1 saturated heterocycles. The number of pyridine rings is 1. The summed E-state index contributed by atoms with van der Waals surface area (Å²) < 4.78 is 1.56. The lowest BCUT2D eigenvalue weighted by atomic mass is 9.85. The average Bonchev–Trinajstić information content (AvgIpc) is 3.41. The summed E-state index contributed by atoms with van der Waals surface area (Å²) >= 11 is 8.14. The van der Waals surface area contributed by atoms with E-state index in [-0.39, 0.29) is 45.6 Å². The first-order chi connectivity index (χ1) is 18.9. The van der Waals surface area contributed by atoms with Crippen molar-refractivity contribution in [3.05, 3.63) is 43.9 Å². The maximum atomic E-state index is 13.8. The minimum atomic E-state index is -0.739. The van der Waals surface area contributed by atoms with E-state index in [1.165, 1.54) is 12.4 Å². The van der Waals surface area contributed by atoms with Gasteiger partial charge in [-0.05, 0) is 56.6 Å². The van der Waals surface area contributed by atoms with E-state index < -0.39 is 5.66 Å². The molecule has 2 amide bonds. The topological polar surface area (TPSA) is 133 Å². The zero-order valence-corrected chi connectivity index (χ0v) is 22.7. The Morgan fingerprint density at radius 1 is 1.23 bits per heavy atom. The molecule has 2 N–H and O–H groups in total. The minimum absolute atomic E-state index is 0.0555. The standard InChI is InChI=1S/C27H26ClN7O3S/c28-17-9-18(26(38)35-21(17)23(36)33-27(35)6-2-1-3-7-27)32-22-20-16-5-4-15(25(37)34-11-14(10-29)12-34)8-19(16)39-24(20)31-13-30-22/h9,13-15H,1-8,11-12H2,(H,33,36)(H,30,31,32)/t15-/m0/s1. The van der Waals surface area contributed by atoms with Crippen molar-refractivity contribution in [3.8, 4) is 6.07 Å². The van der Waals surface area contributed by atoms with E-state index in [1.807, 2.05) is 0 Å². The van der Waals surface area contributed by atoms with Gasteiger partial charge in [0.15, 0.2) is 0 Å². The lowest BCUT2D eigenvalue weighted by Gasteiger charge is -2.38. The molecule has 5 heterocycles. The smallest absolute Gasteiger partial charge is 0.276 e. The Kier molecular flexibility index (Phi) is 5.68. The van der Waals surface area contributed by atoms with Crippen LogP contribution in [0.15, 0.2) is 17.2 Å². The Bertz CT molecular complexity index is 1650. The van der Waals surface area contributed by atoms with Crippen LogP contribution in [-0.2, 0) is 23.3 Å². The fourth-order valence-corrected chi connectivity index (χ4v) is 8.19. The lowest BCUT2D eigenvalue weighted by molar-refractivity contribution is -0.141. The molecule has 2 aliphatic carbocycles. The van der Waals surface area contributed by atoms with Crippen LogP contribution in [0.1, 0.15) is 59.5 Å². The van der Waals surface area contributed by atoms with E-state index in [0.29, 0.717) is 51.0 Å². The van der Waals surface area contributed by atoms with E-state index in [1.54, 1.807) is 20.8 Å². The van der Waals surface area contributed by atoms with Crippen molar-refractivity contribution in [3.63, 3.8) is 0 Å². The number of likely N-dealkylation sites (tertiary alicyclic amines) is 1. The fourth-order valence-electron chi connectivity index (χ4n) is 6.65. The highest BCUT2D eigenvalue weighted by molar-refractivity contribution is 7.19. The second-order valence-corrected chi connectivity index (χ2v) is 12.5. The quantitative estimate of drug-likeness (QED) is 0.496. The second kappa shape index (κ2) is 9.03. The Balaban J connectivity index is 1.22. The SMILES string of the molecule is N#CC1CN(C(=O)[C@H]2CCc3c(sc4ncnc(Nc5cc(Cl)c6n(c5=O)C5(CCCCC5)NC6=O)c34)C2)C1. The molecule has 0 aromatic carbocycles. The number of aromatic nitrogens is 3. The number of nitrogens with one attached hydrogen (secondary N) is 2. The molecule has 7 rings (SSSR count). The van der Waals surface area contributed by atoms with E-state index in [0.717, 1.165) is 39.9 Å². The molecule has 0 bridgehead atoms. The summed E-state index contributed by atoms with van der Waals surface area (Å²) in [6, 6.07) is 3.74. The number of carbonyl (C=O) groups is 2. The van der Waals surface area contributed by atoms with Crippen LogP contribution in [0, 0.1) is 23.2 Å². The van der Waals surface area contributed by atoms with Crippen molar-refractivity contribution in [1.29, 1.82) is 5.26 Å². The third kappa shape index (κ3) is 3.76. The molecule has 39 heavy (non-hydrogen) atoms. The Morgan fingerprint density at radius 2 is 2.03 bits per heavy atom. The second-order valence-electron chi connectivity index (χ2n) is 11.0. The molecule has 1 atom stereocenters. The number of aryl methyl sites for hydroxylation is 1. The van der Waals surface area contributed by atoms with Gasteiger partial charge in [-0.3, -0.25) is 19.0 Å². The van der Waals surface area contributed by atoms with Gasteiger partial charge in [0.1, 0.15) is 34.0 Å². The van der Waals surface area contributed by atoms with Gasteiger partial charge < -0.3 is 15.5 Å². The number of nitrogens with zero attached hydrogens (tertiary/aromatic N) is 5. The van der Waals surface area contributed by atoms with Crippen LogP contribution in [-0.4, -0.2) is 44.3 Å². The number of halogens is 1. The van der Waals surface area contributed by atoms with E-state index in [2.05, 4.69) is 26.7 Å². The molecule has 12 heteroatoms. The highest BCUT2D eigenvalue weighted by Gasteiger charge is 2.45. The van der Waals surface area contributed by atoms with Crippen LogP contribution in [0.5, 0.6) is 0 Å². The average molecular weight is 564 g/mol. The minimum Gasteiger partial charge on any atom is -0.340 e. The summed E-state index contributed by atoms with van der Waals surface area (Å²) in [5, 5.41) is 16.4. The zero-order chi connectivity index (χ0) is 26.9. The number of hydrogen-bond donors (Lipinski definition) is 2. The highest BCUT2D eigenvalue weighted by Crippen LogP contribution is 2.42. The van der Waals surface area contributed by atoms with E-state index in [9.17, 15) is 14.4 Å². The van der Waals surface area contributed by atoms with Crippen LogP contribution < -0.4 is 16.2 Å². The van der Waals surface area contributed by atoms with Crippen LogP contribution in [0.3, 0.4) is 0 Å². The molecular weight excluding hydrogens is 538 g/mol. The first kappa shape index (κ1) is 24.5. The molecule has 1 saturated carbocycles. The number of fused-ring (bicyclic) bond motifs is 5. The zero-order valence-electron chi connectivity index (χ0n) is 21.1. The van der Waals surface area contributed by atoms with Crippen molar-refractivity contribution in [2.24, 2.45) is 11.8 Å². The molecule has 2 aliphatic heterocycles. The largest absolute Gasteiger partial charge is 0.340 e. The molecule has 4 aliphatic rings. The predicted octanol–water partition coefficient (Wildman–Crippen LogP) is 3.70. The molecular formula is C27H26ClN7O3S. The first-order valence-corrected chi connectivity index (χ1v) is 14.6. The van der Waals surface area contributed by atoms with Crippen LogP contribution in [0.4, 0.5) is 11.5 Å². The molecule has 3 aromatic rings. The summed E-state index contributed by atoms with van der Waals surface area (Å²) in [5.74, 6) is 0.166. The summed E-state index contributed by atoms with van der Waals surface area (Å²) in [6.45, 7) is 1.04. The number of thiophene rings is 1. The van der Waals surface area contributed by atoms with Crippen molar-refractivity contribution >= 4 is 56.5 Å². The summed E-state index contributed by atoms with van der Waals surface area (Å²) in [6.07, 6.45) is 7.82. The highest BCUT2D eigenvalue weighted by atomic mass is 35.5. The van der Waals surface area contributed by atoms with Gasteiger partial charge in [-0.25, -0.2) is 9.97 Å². The van der Waals surface area contributed by atoms with Gasteiger partial charge in [-0.15, -0.1) is 11.3 Å². The first-order valence-electron chi connectivity index (χ1n) is 13.4. The molecule has 0 unspecified atom stereocenters. The maximum Gasteiger partial charge on any atom is 0.276 e. The van der Waals surface area contributed by atoms with E-state index >= 15 is 0 Å². The monoisotopic (exact) mass is 563 g/mol. The van der Waals surface area contributed by atoms with E-state index in [4.69, 9.17) is 16.9 Å². The normalized spacial score (nSPS) is 21.7. The van der Waals surface area contributed by atoms with Crippen molar-refractivity contribution in [1.82, 2.24) is 24.8 Å². The van der Waals surface area contributed by atoms with Crippen molar-refractivity contribution in [2.75, 3.05) is 18.4 Å². The van der Waals surface area contributed by atoms with Gasteiger partial charge in [0.2, 0.25) is 5.91 Å². The lowest BCUT2D eigenvalue weighted by Crippen LogP contribution is -2.52. The Hall–Kier alpha value is -3.49. The van der Waals surface area contributed by atoms with Crippen molar-refractivity contribution < 1.29 is 9.59 Å². The van der Waals surface area contributed by atoms with Crippen LogP contribution >= 0.6 is 22.9 Å². The number of anilines is 2. The molecule has 10 nitrogen and oxygen atoms in total. The van der Waals surface area contributed by atoms with Gasteiger partial charge in [-0.1, -0.05) is 18.0 Å². The predicted molar refractivity (Wildman–Crippen MR) is 146 cm³/mol. The third-order valence-corrected chi connectivity index (χ3v) is 10.1. The van der Waals surface area contributed by atoms with Crippen LogP contribution in [0.2, 0.25) is 5.02 Å². The third-order valence-electron chi connectivity index (χ3n) is 8.65. The molecule has 3 aromatic heterocycles. The summed E-state index contributed by atoms with van der Waals surface area (Å²) in [7, 11) is 0. The molecule has 2 fully saturated rings. The fraction of sp³-hybridized carbons (Fsp3) is 0.481. The maximum absolute atomic E-state index is 13.8. The van der Waals surface area contributed by atoms with Crippen LogP contribution in [0.25, 0.3) is 10.2 Å². The molecule has 1 spiro atoms.